The minimum Gasteiger partial charge on any atom is -0.387 e. The molecule has 3 unspecified atom stereocenters. The average Bonchev–Trinajstić information content (AvgIpc) is 3.39. The van der Waals surface area contributed by atoms with Gasteiger partial charge >= 0.3 is 7.82 Å². The van der Waals surface area contributed by atoms with Gasteiger partial charge in [-0.1, -0.05) is 277 Å². The SMILES string of the molecule is CC/C=C\C/C=C\C/C=C\C/C=C\C/C=C\C/C=C\C/C=C\CCCCCCCC(=O)NC(COP(=O)(O)OCC[N+](C)(C)C)C(O)/C=C/CC/C=C/CCCCCCCCCCCCCCCCCCCCCCCC. The third-order valence-electron chi connectivity index (χ3n) is 13.7. The Hall–Kier alpha value is -2.84. The van der Waals surface area contributed by atoms with E-state index in [0.717, 1.165) is 103 Å². The van der Waals surface area contributed by atoms with Gasteiger partial charge in [0.2, 0.25) is 5.91 Å². The maximum Gasteiger partial charge on any atom is 0.472 e. The van der Waals surface area contributed by atoms with Crippen LogP contribution in [0.2, 0.25) is 0 Å². The molecule has 3 atom stereocenters. The first-order valence-electron chi connectivity index (χ1n) is 31.8. The van der Waals surface area contributed by atoms with E-state index in [1.165, 1.54) is 141 Å². The standard InChI is InChI=1S/C68H121N2O6P/c1-6-8-10-12-14-16-18-20-22-24-26-28-30-32-34-36-37-39-41-43-45-47-49-51-53-55-57-59-61-67(71)66(65-76-77(73,74)75-64-63-70(3,4)5)69-68(72)62-60-58-56-54-52-50-48-46-44-42-40-38-35-33-31-29-27-25-23-21-19-17-15-13-11-9-7-2/h9,11,15,17,21,23,27,29,33,35,40,42,46,48,51,53,59,61,66-67,71H,6-8,10,12-14,16,18-20,22,24-26,28,30-32,34,36-39,41,43-45,47,49-50,52,54-58,60,62-65H2,1-5H3,(H-,69,72,73,74)/p+1/b11-9-,17-15-,23-21-,29-27-,35-33-,42-40-,48-46-,53-51+,61-59+. The van der Waals surface area contributed by atoms with Gasteiger partial charge in [0.1, 0.15) is 13.2 Å². The Labute approximate surface area is 476 Å². The first-order chi connectivity index (χ1) is 37.5. The van der Waals surface area contributed by atoms with E-state index < -0.39 is 20.0 Å². The Kier molecular flexibility index (Phi) is 55.7. The fourth-order valence-corrected chi connectivity index (χ4v) is 9.54. The van der Waals surface area contributed by atoms with Crippen LogP contribution in [-0.4, -0.2) is 73.4 Å². The van der Waals surface area contributed by atoms with Crippen molar-refractivity contribution in [2.24, 2.45) is 0 Å². The number of quaternary nitrogens is 1. The summed E-state index contributed by atoms with van der Waals surface area (Å²) in [6, 6.07) is -0.884. The first-order valence-corrected chi connectivity index (χ1v) is 33.3. The number of unbranched alkanes of at least 4 members (excludes halogenated alkanes) is 28. The zero-order valence-corrected chi connectivity index (χ0v) is 51.6. The molecule has 1 amide bonds. The predicted molar refractivity (Wildman–Crippen MR) is 336 cm³/mol. The monoisotopic (exact) mass is 1090 g/mol. The molecule has 0 heterocycles. The van der Waals surface area contributed by atoms with Crippen LogP contribution in [0, 0.1) is 0 Å². The van der Waals surface area contributed by atoms with Gasteiger partial charge in [-0.15, -0.1) is 0 Å². The molecule has 77 heavy (non-hydrogen) atoms. The molecule has 0 aliphatic heterocycles. The van der Waals surface area contributed by atoms with Crippen LogP contribution in [0.4, 0.5) is 0 Å². The summed E-state index contributed by atoms with van der Waals surface area (Å²) in [5, 5.41) is 13.9. The summed E-state index contributed by atoms with van der Waals surface area (Å²) in [7, 11) is 1.53. The number of phosphoric acid groups is 1. The molecule has 0 rings (SSSR count). The van der Waals surface area contributed by atoms with Crippen LogP contribution in [0.15, 0.2) is 109 Å². The van der Waals surface area contributed by atoms with Crippen LogP contribution in [0.25, 0.3) is 0 Å². The number of allylic oxidation sites excluding steroid dienone is 17. The number of phosphoric ester groups is 1. The number of likely N-dealkylation sites (N-methyl/N-ethyl adjacent to an activating group) is 1. The van der Waals surface area contributed by atoms with Gasteiger partial charge in [-0.3, -0.25) is 13.8 Å². The van der Waals surface area contributed by atoms with Crippen molar-refractivity contribution in [3.8, 4) is 0 Å². The number of hydrogen-bond donors (Lipinski definition) is 3. The smallest absolute Gasteiger partial charge is 0.387 e. The van der Waals surface area contributed by atoms with Crippen molar-refractivity contribution in [2.75, 3.05) is 40.9 Å². The molecular formula is C68H122N2O6P+. The molecule has 0 aromatic rings. The predicted octanol–water partition coefficient (Wildman–Crippen LogP) is 19.9. The van der Waals surface area contributed by atoms with E-state index in [1.54, 1.807) is 6.08 Å². The largest absolute Gasteiger partial charge is 0.472 e. The van der Waals surface area contributed by atoms with Crippen molar-refractivity contribution in [1.29, 1.82) is 0 Å². The summed E-state index contributed by atoms with van der Waals surface area (Å²) < 4.78 is 23.7. The zero-order chi connectivity index (χ0) is 56.3. The molecule has 3 N–H and O–H groups in total. The van der Waals surface area contributed by atoms with Gasteiger partial charge in [0.15, 0.2) is 0 Å². The number of aliphatic hydroxyl groups is 1. The molecule has 0 saturated heterocycles. The van der Waals surface area contributed by atoms with Crippen molar-refractivity contribution in [2.45, 2.75) is 276 Å². The number of amides is 1. The van der Waals surface area contributed by atoms with E-state index in [4.69, 9.17) is 9.05 Å². The number of aliphatic hydroxyl groups excluding tert-OH is 1. The lowest BCUT2D eigenvalue weighted by atomic mass is 10.0. The lowest BCUT2D eigenvalue weighted by Crippen LogP contribution is -2.45. The number of hydrogen-bond acceptors (Lipinski definition) is 5. The Morgan fingerprint density at radius 1 is 0.455 bits per heavy atom. The lowest BCUT2D eigenvalue weighted by molar-refractivity contribution is -0.870. The molecule has 8 nitrogen and oxygen atoms in total. The second kappa shape index (κ2) is 57.8. The molecule has 0 aromatic heterocycles. The fraction of sp³-hybridized carbons (Fsp3) is 0.721. The molecule has 444 valence electrons. The quantitative estimate of drug-likeness (QED) is 0.0243. The van der Waals surface area contributed by atoms with Gasteiger partial charge in [-0.05, 0) is 89.9 Å². The highest BCUT2D eigenvalue weighted by molar-refractivity contribution is 7.47. The molecule has 0 aliphatic rings. The third kappa shape index (κ3) is 60.6. The summed E-state index contributed by atoms with van der Waals surface area (Å²) in [5.74, 6) is -0.208. The highest BCUT2D eigenvalue weighted by atomic mass is 31.2. The van der Waals surface area contributed by atoms with Gasteiger partial charge in [-0.25, -0.2) is 4.57 Å². The summed E-state index contributed by atoms with van der Waals surface area (Å²) in [4.78, 5) is 23.4. The van der Waals surface area contributed by atoms with Gasteiger partial charge in [0.25, 0.3) is 0 Å². The second-order valence-electron chi connectivity index (χ2n) is 22.4. The van der Waals surface area contributed by atoms with Crippen molar-refractivity contribution < 1.29 is 32.9 Å². The summed E-state index contributed by atoms with van der Waals surface area (Å²) >= 11 is 0. The minimum absolute atomic E-state index is 0.0462. The molecule has 0 bridgehead atoms. The number of rotatable bonds is 57. The van der Waals surface area contributed by atoms with E-state index in [1.807, 2.05) is 27.2 Å². The van der Waals surface area contributed by atoms with Crippen molar-refractivity contribution >= 4 is 13.7 Å². The van der Waals surface area contributed by atoms with Crippen LogP contribution in [0.1, 0.15) is 264 Å². The van der Waals surface area contributed by atoms with Crippen LogP contribution >= 0.6 is 7.82 Å². The normalized spacial score (nSPS) is 14.5. The minimum atomic E-state index is -4.37. The summed E-state index contributed by atoms with van der Waals surface area (Å²) in [5.41, 5.74) is 0. The van der Waals surface area contributed by atoms with Crippen LogP contribution in [0.3, 0.4) is 0 Å². The van der Waals surface area contributed by atoms with Crippen molar-refractivity contribution in [3.05, 3.63) is 109 Å². The van der Waals surface area contributed by atoms with E-state index in [9.17, 15) is 19.4 Å². The summed E-state index contributed by atoms with van der Waals surface area (Å²) in [6.07, 6.45) is 85.0. The van der Waals surface area contributed by atoms with Crippen molar-refractivity contribution in [1.82, 2.24) is 5.32 Å². The van der Waals surface area contributed by atoms with Crippen LogP contribution in [0.5, 0.6) is 0 Å². The second-order valence-corrected chi connectivity index (χ2v) is 23.8. The molecule has 0 spiro atoms. The fourth-order valence-electron chi connectivity index (χ4n) is 8.80. The molecule has 9 heteroatoms. The molecule has 0 saturated carbocycles. The average molecular weight is 1090 g/mol. The Bertz CT molecular complexity index is 1620. The van der Waals surface area contributed by atoms with Gasteiger partial charge in [-0.2, -0.15) is 0 Å². The maximum absolute atomic E-state index is 13.0. The van der Waals surface area contributed by atoms with E-state index in [2.05, 4.69) is 116 Å². The third-order valence-corrected chi connectivity index (χ3v) is 14.7. The number of nitrogens with zero attached hydrogens (tertiary/aromatic N) is 1. The van der Waals surface area contributed by atoms with E-state index in [0.29, 0.717) is 17.4 Å². The van der Waals surface area contributed by atoms with Gasteiger partial charge in [0, 0.05) is 6.42 Å². The number of carbonyl (C=O) groups excluding carboxylic acids is 1. The van der Waals surface area contributed by atoms with Gasteiger partial charge in [0.05, 0.1) is 39.9 Å². The number of carbonyl (C=O) groups is 1. The van der Waals surface area contributed by atoms with E-state index in [-0.39, 0.29) is 19.1 Å². The van der Waals surface area contributed by atoms with E-state index >= 15 is 0 Å². The molecule has 0 fully saturated rings. The topological polar surface area (TPSA) is 105 Å². The Morgan fingerprint density at radius 2 is 0.792 bits per heavy atom. The highest BCUT2D eigenvalue weighted by Gasteiger charge is 2.27. The Balaban J connectivity index is 4.27. The summed E-state index contributed by atoms with van der Waals surface area (Å²) in [6.45, 7) is 4.68. The number of nitrogens with one attached hydrogen (secondary N) is 1. The lowest BCUT2D eigenvalue weighted by Gasteiger charge is -2.25. The highest BCUT2D eigenvalue weighted by Crippen LogP contribution is 2.43. The van der Waals surface area contributed by atoms with Crippen LogP contribution < -0.4 is 5.32 Å². The molecule has 0 aromatic carbocycles. The maximum atomic E-state index is 13.0. The molecule has 0 radical (unpaired) electrons. The molecule has 0 aliphatic carbocycles. The first kappa shape index (κ1) is 74.2. The Morgan fingerprint density at radius 3 is 1.19 bits per heavy atom. The molecular weight excluding hydrogens is 972 g/mol. The van der Waals surface area contributed by atoms with Gasteiger partial charge < -0.3 is 19.8 Å². The van der Waals surface area contributed by atoms with Crippen molar-refractivity contribution in [3.63, 3.8) is 0 Å². The van der Waals surface area contributed by atoms with Crippen LogP contribution in [-0.2, 0) is 18.4 Å². The zero-order valence-electron chi connectivity index (χ0n) is 50.7.